The molecule has 0 atom stereocenters. The molecule has 2 rings (SSSR count). The van der Waals surface area contributed by atoms with Crippen LogP contribution in [0.4, 0.5) is 0 Å². The predicted molar refractivity (Wildman–Crippen MR) is 62.1 cm³/mol. The van der Waals surface area contributed by atoms with Crippen LogP contribution in [0.2, 0.25) is 0 Å². The van der Waals surface area contributed by atoms with Crippen LogP contribution < -0.4 is 0 Å². The lowest BCUT2D eigenvalue weighted by molar-refractivity contribution is 0.342. The van der Waals surface area contributed by atoms with E-state index in [4.69, 9.17) is 9.68 Å². The summed E-state index contributed by atoms with van der Waals surface area (Å²) in [5.74, 6) is -0.0950. The molecule has 0 unspecified atom stereocenters. The van der Waals surface area contributed by atoms with Gasteiger partial charge in [0.05, 0.1) is 6.26 Å². The van der Waals surface area contributed by atoms with Crippen molar-refractivity contribution in [3.05, 3.63) is 30.2 Å². The molecule has 0 bridgehead atoms. The van der Waals surface area contributed by atoms with Gasteiger partial charge in [0.2, 0.25) is 5.71 Å². The summed E-state index contributed by atoms with van der Waals surface area (Å²) in [6.07, 6.45) is 0.817. The Morgan fingerprint density at radius 3 is 2.83 bits per heavy atom. The van der Waals surface area contributed by atoms with Crippen molar-refractivity contribution in [3.63, 3.8) is 0 Å². The van der Waals surface area contributed by atoms with Gasteiger partial charge in [-0.3, -0.25) is 4.28 Å². The zero-order chi connectivity index (χ0) is 13.2. The van der Waals surface area contributed by atoms with Gasteiger partial charge in [0.1, 0.15) is 11.6 Å². The Labute approximate surface area is 102 Å². The molecule has 0 fully saturated rings. The van der Waals surface area contributed by atoms with Crippen LogP contribution in [0.1, 0.15) is 5.89 Å². The summed E-state index contributed by atoms with van der Waals surface area (Å²) in [5, 5.41) is 12.0. The van der Waals surface area contributed by atoms with Crippen LogP contribution in [0, 0.1) is 11.3 Å². The van der Waals surface area contributed by atoms with Crippen molar-refractivity contribution in [1.82, 2.24) is 4.98 Å². The van der Waals surface area contributed by atoms with Crippen molar-refractivity contribution in [3.8, 4) is 6.07 Å². The summed E-state index contributed by atoms with van der Waals surface area (Å²) in [6.45, 7) is 0. The van der Waals surface area contributed by atoms with Gasteiger partial charge in [0, 0.05) is 0 Å². The second-order valence-electron chi connectivity index (χ2n) is 3.32. The second kappa shape index (κ2) is 4.46. The van der Waals surface area contributed by atoms with E-state index >= 15 is 0 Å². The fourth-order valence-electron chi connectivity index (χ4n) is 1.19. The Hall–Kier alpha value is -2.40. The monoisotopic (exact) mass is 265 g/mol. The van der Waals surface area contributed by atoms with E-state index < -0.39 is 10.1 Å². The van der Waals surface area contributed by atoms with E-state index in [0.29, 0.717) is 11.1 Å². The molecule has 0 aliphatic heterocycles. The maximum Gasteiger partial charge on any atom is 0.325 e. The second-order valence-corrected chi connectivity index (χ2v) is 4.87. The lowest BCUT2D eigenvalue weighted by atomic mass is 10.3. The van der Waals surface area contributed by atoms with Crippen molar-refractivity contribution >= 4 is 26.9 Å². The maximum atomic E-state index is 10.8. The molecule has 7 nitrogen and oxygen atoms in total. The molecule has 0 radical (unpaired) electrons. The Balaban J connectivity index is 2.42. The first-order valence-corrected chi connectivity index (χ1v) is 6.54. The minimum atomic E-state index is -3.78. The number of aromatic nitrogens is 1. The predicted octanol–water partition coefficient (Wildman–Crippen LogP) is 1.03. The van der Waals surface area contributed by atoms with Crippen LogP contribution in [-0.4, -0.2) is 25.4 Å². The van der Waals surface area contributed by atoms with E-state index in [1.807, 2.05) is 0 Å². The van der Waals surface area contributed by atoms with Gasteiger partial charge in [-0.05, 0) is 17.3 Å². The van der Waals surface area contributed by atoms with Crippen molar-refractivity contribution in [2.45, 2.75) is 0 Å². The quantitative estimate of drug-likeness (QED) is 0.606. The molecule has 0 saturated carbocycles. The van der Waals surface area contributed by atoms with Gasteiger partial charge < -0.3 is 4.42 Å². The van der Waals surface area contributed by atoms with E-state index in [1.54, 1.807) is 30.3 Å². The highest BCUT2D eigenvalue weighted by Crippen LogP contribution is 2.15. The number of hydrogen-bond acceptors (Lipinski definition) is 7. The number of benzene rings is 1. The fraction of sp³-hybridized carbons (Fsp3) is 0.100. The molecule has 92 valence electrons. The third-order valence-corrected chi connectivity index (χ3v) is 2.21. The van der Waals surface area contributed by atoms with Crippen LogP contribution in [0.5, 0.6) is 0 Å². The third kappa shape index (κ3) is 2.64. The van der Waals surface area contributed by atoms with Crippen LogP contribution in [0.3, 0.4) is 0 Å². The molecule has 0 aliphatic rings. The molecule has 0 N–H and O–H groups in total. The highest BCUT2D eigenvalue weighted by molar-refractivity contribution is 7.85. The minimum Gasteiger partial charge on any atom is -0.434 e. The average molecular weight is 265 g/mol. The molecule has 1 aromatic carbocycles. The number of nitrogens with zero attached hydrogens (tertiary/aromatic N) is 3. The number of oxazole rings is 1. The van der Waals surface area contributed by atoms with E-state index in [9.17, 15) is 8.42 Å². The smallest absolute Gasteiger partial charge is 0.325 e. The largest absolute Gasteiger partial charge is 0.434 e. The van der Waals surface area contributed by atoms with E-state index in [0.717, 1.165) is 6.26 Å². The van der Waals surface area contributed by atoms with Crippen LogP contribution in [0.15, 0.2) is 33.8 Å². The normalized spacial score (nSPS) is 12.3. The summed E-state index contributed by atoms with van der Waals surface area (Å²) >= 11 is 0. The summed E-state index contributed by atoms with van der Waals surface area (Å²) < 4.78 is 30.9. The van der Waals surface area contributed by atoms with Crippen molar-refractivity contribution in [2.75, 3.05) is 6.26 Å². The number of rotatable bonds is 3. The van der Waals surface area contributed by atoms with E-state index in [-0.39, 0.29) is 11.6 Å². The van der Waals surface area contributed by atoms with Crippen LogP contribution >= 0.6 is 0 Å². The van der Waals surface area contributed by atoms with Gasteiger partial charge >= 0.3 is 10.1 Å². The first kappa shape index (κ1) is 12.1. The number of para-hydroxylation sites is 2. The molecule has 2 aromatic rings. The molecule has 1 aromatic heterocycles. The van der Waals surface area contributed by atoms with Crippen molar-refractivity contribution in [1.29, 1.82) is 5.26 Å². The zero-order valence-corrected chi connectivity index (χ0v) is 10.0. The summed E-state index contributed by atoms with van der Waals surface area (Å²) in [4.78, 5) is 3.99. The number of hydrogen-bond donors (Lipinski definition) is 0. The van der Waals surface area contributed by atoms with Crippen molar-refractivity contribution < 1.29 is 17.1 Å². The first-order chi connectivity index (χ1) is 8.49. The lowest BCUT2D eigenvalue weighted by Crippen LogP contribution is -2.03. The van der Waals surface area contributed by atoms with E-state index in [2.05, 4.69) is 14.4 Å². The van der Waals surface area contributed by atoms with Crippen LogP contribution in [-0.2, 0) is 14.4 Å². The summed E-state index contributed by atoms with van der Waals surface area (Å²) in [5.41, 5.74) is 0.654. The molecule has 1 heterocycles. The van der Waals surface area contributed by atoms with Gasteiger partial charge in [0.25, 0.3) is 5.89 Å². The molecule has 0 spiro atoms. The Kier molecular flexibility index (Phi) is 2.99. The molecule has 0 aliphatic carbocycles. The maximum absolute atomic E-state index is 10.8. The molecule has 0 saturated heterocycles. The molecule has 8 heteroatoms. The standard InChI is InChI=1S/C10H7N3O4S/c1-18(14,15)17-13-8(6-11)10-12-7-4-2-3-5-9(7)16-10/h2-5H,1H3. The van der Waals surface area contributed by atoms with Gasteiger partial charge in [-0.15, -0.1) is 0 Å². The summed E-state index contributed by atoms with van der Waals surface area (Å²) in [6, 6.07) is 8.51. The van der Waals surface area contributed by atoms with Gasteiger partial charge in [-0.2, -0.15) is 13.7 Å². The van der Waals surface area contributed by atoms with Crippen molar-refractivity contribution in [2.24, 2.45) is 5.16 Å². The molecular weight excluding hydrogens is 258 g/mol. The van der Waals surface area contributed by atoms with Gasteiger partial charge in [0.15, 0.2) is 5.58 Å². The Morgan fingerprint density at radius 1 is 1.50 bits per heavy atom. The lowest BCUT2D eigenvalue weighted by Gasteiger charge is -1.92. The highest BCUT2D eigenvalue weighted by Gasteiger charge is 2.14. The molecular formula is C10H7N3O4S. The van der Waals surface area contributed by atoms with Gasteiger partial charge in [-0.1, -0.05) is 12.1 Å². The number of nitriles is 1. The molecule has 0 amide bonds. The number of oxime groups is 1. The minimum absolute atomic E-state index is 0.0950. The Morgan fingerprint density at radius 2 is 2.22 bits per heavy atom. The zero-order valence-electron chi connectivity index (χ0n) is 9.19. The highest BCUT2D eigenvalue weighted by atomic mass is 32.2. The average Bonchev–Trinajstić information content (AvgIpc) is 2.71. The fourth-order valence-corrected chi connectivity index (χ4v) is 1.40. The van der Waals surface area contributed by atoms with Gasteiger partial charge in [-0.25, -0.2) is 4.98 Å². The van der Waals surface area contributed by atoms with Crippen LogP contribution in [0.25, 0.3) is 11.1 Å². The SMILES string of the molecule is CS(=O)(=O)ON=C(C#N)c1nc2ccccc2o1. The third-order valence-electron chi connectivity index (χ3n) is 1.87. The number of fused-ring (bicyclic) bond motifs is 1. The van der Waals surface area contributed by atoms with E-state index in [1.165, 1.54) is 0 Å². The topological polar surface area (TPSA) is 106 Å². The molecule has 18 heavy (non-hydrogen) atoms. The first-order valence-electron chi connectivity index (χ1n) is 4.72. The Bertz CT molecular complexity index is 722. The summed E-state index contributed by atoms with van der Waals surface area (Å²) in [7, 11) is -3.78.